The highest BCUT2D eigenvalue weighted by Gasteiger charge is 2.10. The molecule has 1 aromatic heterocycles. The van der Waals surface area contributed by atoms with Crippen LogP contribution >= 0.6 is 0 Å². The molecule has 0 saturated heterocycles. The van der Waals surface area contributed by atoms with E-state index in [1.807, 2.05) is 19.9 Å². The Kier molecular flexibility index (Phi) is 4.88. The molecule has 17 heavy (non-hydrogen) atoms. The van der Waals surface area contributed by atoms with E-state index in [0.717, 1.165) is 11.3 Å². The topological polar surface area (TPSA) is 78.2 Å². The van der Waals surface area contributed by atoms with Gasteiger partial charge in [-0.15, -0.1) is 0 Å². The minimum Gasteiger partial charge on any atom is -0.389 e. The van der Waals surface area contributed by atoms with Gasteiger partial charge in [-0.1, -0.05) is 0 Å². The summed E-state index contributed by atoms with van der Waals surface area (Å²) in [7, 11) is 1.53. The summed E-state index contributed by atoms with van der Waals surface area (Å²) in [5, 5.41) is 21.5. The van der Waals surface area contributed by atoms with Crippen molar-refractivity contribution in [3.8, 4) is 6.07 Å². The molecule has 0 aromatic carbocycles. The van der Waals surface area contributed by atoms with Gasteiger partial charge in [-0.3, -0.25) is 0 Å². The van der Waals surface area contributed by atoms with Crippen LogP contribution in [-0.2, 0) is 4.74 Å². The molecule has 1 unspecified atom stereocenters. The Hall–Kier alpha value is -1.64. The first kappa shape index (κ1) is 13.4. The number of nitrogens with one attached hydrogen (secondary N) is 1. The number of rotatable bonds is 5. The normalized spacial score (nSPS) is 11.9. The zero-order valence-electron chi connectivity index (χ0n) is 10.3. The van der Waals surface area contributed by atoms with Gasteiger partial charge >= 0.3 is 0 Å². The van der Waals surface area contributed by atoms with Crippen LogP contribution in [0.2, 0.25) is 0 Å². The van der Waals surface area contributed by atoms with Crippen LogP contribution in [0.3, 0.4) is 0 Å². The number of nitrogens with zero attached hydrogens (tertiary/aromatic N) is 2. The van der Waals surface area contributed by atoms with Gasteiger partial charge < -0.3 is 15.2 Å². The Balaban J connectivity index is 2.80. The summed E-state index contributed by atoms with van der Waals surface area (Å²) in [6.07, 6.45) is -0.617. The quantitative estimate of drug-likeness (QED) is 0.795. The first-order chi connectivity index (χ1) is 8.08. The Labute approximate surface area is 101 Å². The molecule has 0 fully saturated rings. The number of nitriles is 1. The molecule has 0 radical (unpaired) electrons. The minimum atomic E-state index is -0.617. The third-order valence-corrected chi connectivity index (χ3v) is 2.32. The minimum absolute atomic E-state index is 0.250. The smallest absolute Gasteiger partial charge is 0.144 e. The summed E-state index contributed by atoms with van der Waals surface area (Å²) in [4.78, 5) is 4.25. The molecule has 0 saturated carbocycles. The van der Waals surface area contributed by atoms with Crippen molar-refractivity contribution in [2.24, 2.45) is 0 Å². The molecule has 0 spiro atoms. The van der Waals surface area contributed by atoms with Crippen molar-refractivity contribution in [2.75, 3.05) is 25.6 Å². The summed E-state index contributed by atoms with van der Waals surface area (Å²) in [5.74, 6) is 0.514. The largest absolute Gasteiger partial charge is 0.389 e. The molecule has 5 heteroatoms. The second kappa shape index (κ2) is 6.18. The fourth-order valence-electron chi connectivity index (χ4n) is 1.57. The molecular weight excluding hydrogens is 218 g/mol. The number of aromatic nitrogens is 1. The average molecular weight is 235 g/mol. The molecule has 92 valence electrons. The van der Waals surface area contributed by atoms with Crippen molar-refractivity contribution >= 4 is 5.82 Å². The van der Waals surface area contributed by atoms with Crippen LogP contribution in [0.15, 0.2) is 6.07 Å². The lowest BCUT2D eigenvalue weighted by atomic mass is 10.1. The predicted molar refractivity (Wildman–Crippen MR) is 64.8 cm³/mol. The zero-order chi connectivity index (χ0) is 12.8. The van der Waals surface area contributed by atoms with Crippen molar-refractivity contribution in [3.05, 3.63) is 22.9 Å². The van der Waals surface area contributed by atoms with E-state index in [2.05, 4.69) is 16.4 Å². The summed E-state index contributed by atoms with van der Waals surface area (Å²) >= 11 is 0. The van der Waals surface area contributed by atoms with Gasteiger partial charge in [0.2, 0.25) is 0 Å². The molecule has 0 amide bonds. The maximum absolute atomic E-state index is 9.51. The third-order valence-electron chi connectivity index (χ3n) is 2.32. The lowest BCUT2D eigenvalue weighted by Crippen LogP contribution is -2.25. The lowest BCUT2D eigenvalue weighted by Gasteiger charge is -2.13. The highest BCUT2D eigenvalue weighted by Crippen LogP contribution is 2.17. The highest BCUT2D eigenvalue weighted by molar-refractivity contribution is 5.56. The van der Waals surface area contributed by atoms with Crippen molar-refractivity contribution in [2.45, 2.75) is 20.0 Å². The number of hydrogen-bond acceptors (Lipinski definition) is 5. The Morgan fingerprint density at radius 3 is 2.88 bits per heavy atom. The molecule has 2 N–H and O–H groups in total. The fraction of sp³-hybridized carbons (Fsp3) is 0.500. The Bertz CT molecular complexity index is 426. The van der Waals surface area contributed by atoms with Crippen molar-refractivity contribution in [3.63, 3.8) is 0 Å². The van der Waals surface area contributed by atoms with E-state index in [1.165, 1.54) is 7.11 Å². The number of ether oxygens (including phenoxy) is 1. The predicted octanol–water partition coefficient (Wildman–Crippen LogP) is 0.989. The second-order valence-electron chi connectivity index (χ2n) is 3.91. The Morgan fingerprint density at radius 2 is 2.29 bits per heavy atom. The summed E-state index contributed by atoms with van der Waals surface area (Å²) in [6.45, 7) is 4.28. The second-order valence-corrected chi connectivity index (χ2v) is 3.91. The lowest BCUT2D eigenvalue weighted by molar-refractivity contribution is 0.0727. The molecule has 1 heterocycles. The first-order valence-electron chi connectivity index (χ1n) is 5.37. The zero-order valence-corrected chi connectivity index (χ0v) is 10.3. The molecule has 0 bridgehead atoms. The summed E-state index contributed by atoms with van der Waals surface area (Å²) in [6, 6.07) is 3.97. The standard InChI is InChI=1S/C12H17N3O2/c1-8-4-9(2)15-12(11(8)5-13)14-6-10(16)7-17-3/h4,10,16H,6-7H2,1-3H3,(H,14,15). The van der Waals surface area contributed by atoms with Gasteiger partial charge in [0.25, 0.3) is 0 Å². The van der Waals surface area contributed by atoms with Crippen LogP contribution in [0.25, 0.3) is 0 Å². The molecule has 0 aliphatic heterocycles. The van der Waals surface area contributed by atoms with E-state index in [0.29, 0.717) is 17.9 Å². The van der Waals surface area contributed by atoms with E-state index in [9.17, 15) is 5.11 Å². The molecule has 1 rings (SSSR count). The van der Waals surface area contributed by atoms with Gasteiger partial charge in [0.1, 0.15) is 11.9 Å². The number of aliphatic hydroxyl groups is 1. The van der Waals surface area contributed by atoms with Gasteiger partial charge in [0, 0.05) is 19.3 Å². The van der Waals surface area contributed by atoms with Crippen molar-refractivity contribution in [1.82, 2.24) is 4.98 Å². The maximum Gasteiger partial charge on any atom is 0.144 e. The van der Waals surface area contributed by atoms with Gasteiger partial charge in [-0.25, -0.2) is 4.98 Å². The van der Waals surface area contributed by atoms with Gasteiger partial charge in [-0.2, -0.15) is 5.26 Å². The van der Waals surface area contributed by atoms with E-state index in [1.54, 1.807) is 0 Å². The molecule has 1 atom stereocenters. The van der Waals surface area contributed by atoms with Crippen LogP contribution in [0, 0.1) is 25.2 Å². The van der Waals surface area contributed by atoms with E-state index in [-0.39, 0.29) is 6.61 Å². The van der Waals surface area contributed by atoms with Crippen molar-refractivity contribution < 1.29 is 9.84 Å². The number of methoxy groups -OCH3 is 1. The summed E-state index contributed by atoms with van der Waals surface area (Å²) < 4.78 is 4.82. The SMILES string of the molecule is COCC(O)CNc1nc(C)cc(C)c1C#N. The monoisotopic (exact) mass is 235 g/mol. The van der Waals surface area contributed by atoms with E-state index in [4.69, 9.17) is 10.00 Å². The molecule has 5 nitrogen and oxygen atoms in total. The number of aliphatic hydroxyl groups excluding tert-OH is 1. The van der Waals surface area contributed by atoms with E-state index < -0.39 is 6.10 Å². The Morgan fingerprint density at radius 1 is 1.59 bits per heavy atom. The number of anilines is 1. The fourth-order valence-corrected chi connectivity index (χ4v) is 1.57. The van der Waals surface area contributed by atoms with E-state index >= 15 is 0 Å². The van der Waals surface area contributed by atoms with Gasteiger partial charge in [0.15, 0.2) is 0 Å². The molecule has 0 aliphatic rings. The van der Waals surface area contributed by atoms with Gasteiger partial charge in [-0.05, 0) is 25.5 Å². The van der Waals surface area contributed by atoms with Crippen LogP contribution in [0.1, 0.15) is 16.8 Å². The van der Waals surface area contributed by atoms with Crippen LogP contribution in [0.5, 0.6) is 0 Å². The number of aryl methyl sites for hydroxylation is 2. The molecule has 1 aromatic rings. The van der Waals surface area contributed by atoms with Gasteiger partial charge in [0.05, 0.1) is 18.3 Å². The molecular formula is C12H17N3O2. The summed E-state index contributed by atoms with van der Waals surface area (Å²) in [5.41, 5.74) is 2.23. The first-order valence-corrected chi connectivity index (χ1v) is 5.37. The average Bonchev–Trinajstić information content (AvgIpc) is 2.26. The number of hydrogen-bond donors (Lipinski definition) is 2. The maximum atomic E-state index is 9.51. The van der Waals surface area contributed by atoms with Crippen LogP contribution < -0.4 is 5.32 Å². The van der Waals surface area contributed by atoms with Crippen molar-refractivity contribution in [1.29, 1.82) is 5.26 Å². The van der Waals surface area contributed by atoms with Crippen LogP contribution in [-0.4, -0.2) is 36.5 Å². The molecule has 0 aliphatic carbocycles. The highest BCUT2D eigenvalue weighted by atomic mass is 16.5. The number of pyridine rings is 1. The van der Waals surface area contributed by atoms with Crippen LogP contribution in [0.4, 0.5) is 5.82 Å². The third kappa shape index (κ3) is 3.70.